The van der Waals surface area contributed by atoms with Crippen molar-refractivity contribution in [1.29, 1.82) is 0 Å². The van der Waals surface area contributed by atoms with Gasteiger partial charge in [-0.05, 0) is 48.9 Å². The molecular weight excluding hydrogens is 384 g/mol. The zero-order valence-electron chi connectivity index (χ0n) is 15.6. The average molecular weight is 409 g/mol. The average Bonchev–Trinajstić information content (AvgIpc) is 2.65. The van der Waals surface area contributed by atoms with E-state index in [9.17, 15) is 13.2 Å². The highest BCUT2D eigenvalue weighted by atomic mass is 32.2. The molecule has 146 valence electrons. The van der Waals surface area contributed by atoms with Gasteiger partial charge in [0, 0.05) is 18.4 Å². The predicted molar refractivity (Wildman–Crippen MR) is 109 cm³/mol. The second-order valence-corrected chi connectivity index (χ2v) is 8.47. The molecule has 0 unspecified atom stereocenters. The second kappa shape index (κ2) is 9.77. The number of sulfonamides is 1. The van der Waals surface area contributed by atoms with Crippen molar-refractivity contribution in [2.75, 3.05) is 25.2 Å². The van der Waals surface area contributed by atoms with Gasteiger partial charge in [-0.15, -0.1) is 11.8 Å². The number of carbonyl (C=O) groups is 1. The van der Waals surface area contributed by atoms with E-state index in [1.165, 1.54) is 24.8 Å². The number of nitrogens with one attached hydrogen (secondary N) is 2. The Morgan fingerprint density at radius 1 is 1.19 bits per heavy atom. The predicted octanol–water partition coefficient (Wildman–Crippen LogP) is 3.29. The summed E-state index contributed by atoms with van der Waals surface area (Å²) in [6.07, 6.45) is 3.21. The molecule has 0 aliphatic heterocycles. The van der Waals surface area contributed by atoms with Gasteiger partial charge in [-0.1, -0.05) is 18.2 Å². The Labute approximate surface area is 164 Å². The van der Waals surface area contributed by atoms with Crippen LogP contribution < -0.4 is 14.8 Å². The summed E-state index contributed by atoms with van der Waals surface area (Å²) in [6, 6.07) is 12.4. The van der Waals surface area contributed by atoms with Crippen molar-refractivity contribution < 1.29 is 17.9 Å². The van der Waals surface area contributed by atoms with Gasteiger partial charge in [0.2, 0.25) is 15.9 Å². The van der Waals surface area contributed by atoms with Gasteiger partial charge in [0.25, 0.3) is 0 Å². The third-order valence-corrected chi connectivity index (χ3v) is 6.15. The van der Waals surface area contributed by atoms with Crippen LogP contribution in [0.5, 0.6) is 5.75 Å². The van der Waals surface area contributed by atoms with Gasteiger partial charge in [0.15, 0.2) is 0 Å². The van der Waals surface area contributed by atoms with Crippen LogP contribution in [0.15, 0.2) is 52.3 Å². The van der Waals surface area contributed by atoms with E-state index in [0.717, 1.165) is 16.2 Å². The Morgan fingerprint density at radius 2 is 1.93 bits per heavy atom. The van der Waals surface area contributed by atoms with Crippen LogP contribution in [0.2, 0.25) is 0 Å². The van der Waals surface area contributed by atoms with E-state index in [1.54, 1.807) is 19.2 Å². The number of para-hydroxylation sites is 1. The van der Waals surface area contributed by atoms with Crippen LogP contribution in [0.4, 0.5) is 5.69 Å². The molecule has 2 N–H and O–H groups in total. The molecular formula is C19H24N2O4S2. The van der Waals surface area contributed by atoms with E-state index >= 15 is 0 Å². The first kappa shape index (κ1) is 21.3. The molecule has 1 amide bonds. The molecule has 0 spiro atoms. The Balaban J connectivity index is 2.02. The molecule has 0 saturated carbocycles. The number of aryl methyl sites for hydroxylation is 1. The normalized spacial score (nSPS) is 11.2. The summed E-state index contributed by atoms with van der Waals surface area (Å²) >= 11 is 1.44. The topological polar surface area (TPSA) is 84.5 Å². The maximum absolute atomic E-state index is 12.5. The highest BCUT2D eigenvalue weighted by Crippen LogP contribution is 2.28. The minimum Gasteiger partial charge on any atom is -0.496 e. The van der Waals surface area contributed by atoms with E-state index in [1.807, 2.05) is 30.5 Å². The molecule has 0 aromatic heterocycles. The number of ether oxygens (including phenoxy) is 1. The van der Waals surface area contributed by atoms with E-state index in [2.05, 4.69) is 10.0 Å². The van der Waals surface area contributed by atoms with Crippen LogP contribution in [0, 0.1) is 0 Å². The molecule has 2 aromatic rings. The van der Waals surface area contributed by atoms with Crippen LogP contribution in [0.1, 0.15) is 18.9 Å². The van der Waals surface area contributed by atoms with Gasteiger partial charge in [-0.25, -0.2) is 13.1 Å². The summed E-state index contributed by atoms with van der Waals surface area (Å²) < 4.78 is 33.0. The lowest BCUT2D eigenvalue weighted by atomic mass is 10.1. The second-order valence-electron chi connectivity index (χ2n) is 5.86. The van der Waals surface area contributed by atoms with Crippen molar-refractivity contribution in [3.05, 3.63) is 48.0 Å². The Kier molecular flexibility index (Phi) is 7.70. The fraction of sp³-hybridized carbons (Fsp3) is 0.316. The van der Waals surface area contributed by atoms with Gasteiger partial charge >= 0.3 is 0 Å². The number of thioether (sulfide) groups is 1. The number of rotatable bonds is 9. The van der Waals surface area contributed by atoms with Crippen LogP contribution in [0.25, 0.3) is 0 Å². The summed E-state index contributed by atoms with van der Waals surface area (Å²) in [5.74, 6) is 0.553. The zero-order chi connectivity index (χ0) is 19.9. The fourth-order valence-corrected chi connectivity index (χ4v) is 4.25. The van der Waals surface area contributed by atoms with E-state index in [4.69, 9.17) is 4.74 Å². The smallest absolute Gasteiger partial charge is 0.240 e. The molecule has 0 fully saturated rings. The Bertz CT molecular complexity index is 898. The number of amides is 1. The van der Waals surface area contributed by atoms with Crippen molar-refractivity contribution in [2.24, 2.45) is 0 Å². The number of methoxy groups -OCH3 is 1. The fourth-order valence-electron chi connectivity index (χ4n) is 2.62. The van der Waals surface area contributed by atoms with Gasteiger partial charge in [0.1, 0.15) is 5.75 Å². The molecule has 0 heterocycles. The minimum absolute atomic E-state index is 0.126. The van der Waals surface area contributed by atoms with E-state index in [-0.39, 0.29) is 10.8 Å². The van der Waals surface area contributed by atoms with Crippen molar-refractivity contribution in [1.82, 2.24) is 4.72 Å². The van der Waals surface area contributed by atoms with Gasteiger partial charge in [-0.2, -0.15) is 0 Å². The highest BCUT2D eigenvalue weighted by molar-refractivity contribution is 7.98. The molecule has 0 saturated heterocycles. The van der Waals surface area contributed by atoms with Gasteiger partial charge in [-0.3, -0.25) is 4.79 Å². The first-order valence-electron chi connectivity index (χ1n) is 8.44. The van der Waals surface area contributed by atoms with Crippen LogP contribution in [0.3, 0.4) is 0 Å². The number of benzene rings is 2. The summed E-state index contributed by atoms with van der Waals surface area (Å²) in [6.45, 7) is 1.70. The highest BCUT2D eigenvalue weighted by Gasteiger charge is 2.16. The lowest BCUT2D eigenvalue weighted by Crippen LogP contribution is -2.25. The Morgan fingerprint density at radius 3 is 2.59 bits per heavy atom. The summed E-state index contributed by atoms with van der Waals surface area (Å²) in [4.78, 5) is 12.3. The first-order chi connectivity index (χ1) is 12.9. The molecule has 0 bridgehead atoms. The lowest BCUT2D eigenvalue weighted by molar-refractivity contribution is -0.114. The zero-order valence-corrected chi connectivity index (χ0v) is 17.2. The number of carbonyl (C=O) groups excluding carboxylic acids is 1. The van der Waals surface area contributed by atoms with E-state index < -0.39 is 10.0 Å². The van der Waals surface area contributed by atoms with Crippen molar-refractivity contribution in [2.45, 2.75) is 29.6 Å². The lowest BCUT2D eigenvalue weighted by Gasteiger charge is -2.12. The van der Waals surface area contributed by atoms with Crippen LogP contribution in [-0.2, 0) is 21.2 Å². The van der Waals surface area contributed by atoms with Crippen molar-refractivity contribution in [3.63, 3.8) is 0 Å². The molecule has 8 heteroatoms. The van der Waals surface area contributed by atoms with E-state index in [0.29, 0.717) is 25.1 Å². The summed E-state index contributed by atoms with van der Waals surface area (Å²) in [5, 5.41) is 2.67. The SMILES string of the molecule is COc1ccccc1CCCNS(=O)(=O)c1ccc(SC)c(NC(C)=O)c1. The van der Waals surface area contributed by atoms with Crippen molar-refractivity contribution >= 4 is 33.4 Å². The monoisotopic (exact) mass is 408 g/mol. The molecule has 6 nitrogen and oxygen atoms in total. The minimum atomic E-state index is -3.66. The number of anilines is 1. The molecule has 0 atom stereocenters. The first-order valence-corrected chi connectivity index (χ1v) is 11.2. The van der Waals surface area contributed by atoms with Crippen LogP contribution in [-0.4, -0.2) is 34.2 Å². The number of hydrogen-bond donors (Lipinski definition) is 2. The molecule has 2 aromatic carbocycles. The molecule has 0 radical (unpaired) electrons. The molecule has 27 heavy (non-hydrogen) atoms. The van der Waals surface area contributed by atoms with Gasteiger partial charge in [0.05, 0.1) is 17.7 Å². The summed E-state index contributed by atoms with van der Waals surface area (Å²) in [7, 11) is -2.04. The Hall–Kier alpha value is -2.03. The maximum Gasteiger partial charge on any atom is 0.240 e. The van der Waals surface area contributed by atoms with Crippen molar-refractivity contribution in [3.8, 4) is 5.75 Å². The third kappa shape index (κ3) is 5.98. The quantitative estimate of drug-likeness (QED) is 0.491. The third-order valence-electron chi connectivity index (χ3n) is 3.90. The molecule has 0 aliphatic rings. The largest absolute Gasteiger partial charge is 0.496 e. The van der Waals surface area contributed by atoms with Gasteiger partial charge < -0.3 is 10.1 Å². The standard InChI is InChI=1S/C19H24N2O4S2/c1-14(22)21-17-13-16(10-11-19(17)26-3)27(23,24)20-12-6-8-15-7-4-5-9-18(15)25-2/h4-5,7,9-11,13,20H,6,8,12H2,1-3H3,(H,21,22). The van der Waals surface area contributed by atoms with Crippen LogP contribution >= 0.6 is 11.8 Å². The number of hydrogen-bond acceptors (Lipinski definition) is 5. The molecule has 0 aliphatic carbocycles. The maximum atomic E-state index is 12.5. The summed E-state index contributed by atoms with van der Waals surface area (Å²) in [5.41, 5.74) is 1.53. The molecule has 2 rings (SSSR count).